The van der Waals surface area contributed by atoms with Gasteiger partial charge in [-0.2, -0.15) is 0 Å². The number of carboxylic acid groups (broad SMARTS) is 1. The molecule has 0 aromatic carbocycles. The summed E-state index contributed by atoms with van der Waals surface area (Å²) in [6.45, 7) is 3.47. The van der Waals surface area contributed by atoms with Gasteiger partial charge in [0.15, 0.2) is 0 Å². The lowest BCUT2D eigenvalue weighted by atomic mass is 10.0. The fourth-order valence-electron chi connectivity index (χ4n) is 1.55. The first-order valence-corrected chi connectivity index (χ1v) is 8.37. The Morgan fingerprint density at radius 3 is 2.26 bits per heavy atom. The van der Waals surface area contributed by atoms with Gasteiger partial charge in [0.05, 0.1) is 11.7 Å². The van der Waals surface area contributed by atoms with Crippen molar-refractivity contribution < 1.29 is 23.1 Å². The Morgan fingerprint density at radius 1 is 1.21 bits per heavy atom. The second-order valence-corrected chi connectivity index (χ2v) is 7.28. The second kappa shape index (κ2) is 8.14. The zero-order chi connectivity index (χ0) is 15.1. The van der Waals surface area contributed by atoms with E-state index in [2.05, 4.69) is 5.32 Å². The van der Waals surface area contributed by atoms with Crippen molar-refractivity contribution in [1.29, 1.82) is 0 Å². The Kier molecular flexibility index (Phi) is 7.66. The van der Waals surface area contributed by atoms with Gasteiger partial charge in [0.2, 0.25) is 5.91 Å². The maximum atomic E-state index is 11.4. The molecule has 0 aliphatic heterocycles. The number of carbonyl (C=O) groups is 2. The fourth-order valence-corrected chi connectivity index (χ4v) is 2.11. The number of carboxylic acids is 1. The third-order valence-electron chi connectivity index (χ3n) is 2.80. The van der Waals surface area contributed by atoms with Crippen LogP contribution in [-0.4, -0.2) is 43.5 Å². The van der Waals surface area contributed by atoms with Gasteiger partial charge >= 0.3 is 5.97 Å². The molecule has 0 bridgehead atoms. The molecule has 0 fully saturated rings. The van der Waals surface area contributed by atoms with Crippen LogP contribution in [0.15, 0.2) is 0 Å². The van der Waals surface area contributed by atoms with Crippen LogP contribution in [0.5, 0.6) is 0 Å². The summed E-state index contributed by atoms with van der Waals surface area (Å²) in [5.41, 5.74) is 0. The van der Waals surface area contributed by atoms with Gasteiger partial charge < -0.3 is 10.4 Å². The van der Waals surface area contributed by atoms with Gasteiger partial charge in [-0.05, 0) is 19.8 Å². The number of nitrogens with one attached hydrogen (secondary N) is 1. The maximum absolute atomic E-state index is 11.4. The van der Waals surface area contributed by atoms with Gasteiger partial charge in [-0.15, -0.1) is 0 Å². The Bertz CT molecular complexity index is 404. The zero-order valence-corrected chi connectivity index (χ0v) is 12.5. The monoisotopic (exact) mass is 293 g/mol. The third-order valence-corrected chi connectivity index (χ3v) is 3.75. The summed E-state index contributed by atoms with van der Waals surface area (Å²) in [4.78, 5) is 22.0. The molecule has 0 saturated heterocycles. The van der Waals surface area contributed by atoms with E-state index in [0.717, 1.165) is 6.26 Å². The first-order chi connectivity index (χ1) is 8.61. The van der Waals surface area contributed by atoms with E-state index >= 15 is 0 Å². The highest BCUT2D eigenvalue weighted by molar-refractivity contribution is 7.90. The molecule has 0 saturated carbocycles. The number of aliphatic carboxylic acids is 1. The molecule has 6 nitrogen and oxygen atoms in total. The summed E-state index contributed by atoms with van der Waals surface area (Å²) in [6, 6.07) is -0.0759. The molecule has 0 aliphatic carbocycles. The van der Waals surface area contributed by atoms with Gasteiger partial charge in [-0.25, -0.2) is 8.42 Å². The van der Waals surface area contributed by atoms with Gasteiger partial charge in [0, 0.05) is 18.7 Å². The topological polar surface area (TPSA) is 101 Å². The summed E-state index contributed by atoms with van der Waals surface area (Å²) < 4.78 is 21.8. The summed E-state index contributed by atoms with van der Waals surface area (Å²) in [7, 11) is -3.12. The van der Waals surface area contributed by atoms with Crippen LogP contribution in [-0.2, 0) is 19.4 Å². The quantitative estimate of drug-likeness (QED) is 0.655. The fraction of sp³-hybridized carbons (Fsp3) is 0.833. The molecule has 112 valence electrons. The molecule has 7 heteroatoms. The molecule has 0 spiro atoms. The first-order valence-electron chi connectivity index (χ1n) is 6.31. The number of hydrogen-bond acceptors (Lipinski definition) is 4. The predicted molar refractivity (Wildman–Crippen MR) is 72.6 cm³/mol. The summed E-state index contributed by atoms with van der Waals surface area (Å²) in [5.74, 6) is -1.64. The average molecular weight is 293 g/mol. The molecule has 0 radical (unpaired) electrons. The first kappa shape index (κ1) is 17.9. The van der Waals surface area contributed by atoms with Crippen LogP contribution in [0, 0.1) is 5.92 Å². The van der Waals surface area contributed by atoms with Crippen LogP contribution in [0.3, 0.4) is 0 Å². The highest BCUT2D eigenvalue weighted by Gasteiger charge is 2.13. The Morgan fingerprint density at radius 2 is 1.79 bits per heavy atom. The molecule has 0 heterocycles. The van der Waals surface area contributed by atoms with Gasteiger partial charge in [0.1, 0.15) is 9.84 Å². The average Bonchev–Trinajstić information content (AvgIpc) is 2.25. The van der Waals surface area contributed by atoms with E-state index in [0.29, 0.717) is 19.3 Å². The molecule has 0 aromatic rings. The van der Waals surface area contributed by atoms with E-state index in [-0.39, 0.29) is 30.0 Å². The van der Waals surface area contributed by atoms with Crippen molar-refractivity contribution >= 4 is 21.7 Å². The molecule has 19 heavy (non-hydrogen) atoms. The summed E-state index contributed by atoms with van der Waals surface area (Å²) in [6.07, 6.45) is 3.02. The van der Waals surface area contributed by atoms with Crippen molar-refractivity contribution in [3.8, 4) is 0 Å². The third kappa shape index (κ3) is 10.5. The molecule has 0 rings (SSSR count). The van der Waals surface area contributed by atoms with E-state index in [1.54, 1.807) is 6.92 Å². The lowest BCUT2D eigenvalue weighted by molar-refractivity contribution is -0.141. The zero-order valence-electron chi connectivity index (χ0n) is 11.7. The highest BCUT2D eigenvalue weighted by atomic mass is 32.2. The molecular weight excluding hydrogens is 270 g/mol. The van der Waals surface area contributed by atoms with Crippen LogP contribution in [0.4, 0.5) is 0 Å². The van der Waals surface area contributed by atoms with Crippen molar-refractivity contribution in [3.63, 3.8) is 0 Å². The maximum Gasteiger partial charge on any atom is 0.306 e. The van der Waals surface area contributed by atoms with Crippen molar-refractivity contribution in [2.75, 3.05) is 12.0 Å². The lowest BCUT2D eigenvalue weighted by Gasteiger charge is -2.14. The summed E-state index contributed by atoms with van der Waals surface area (Å²) in [5, 5.41) is 11.4. The largest absolute Gasteiger partial charge is 0.481 e. The van der Waals surface area contributed by atoms with Crippen LogP contribution in [0.1, 0.15) is 39.5 Å². The van der Waals surface area contributed by atoms with Crippen molar-refractivity contribution in [2.24, 2.45) is 5.92 Å². The van der Waals surface area contributed by atoms with Crippen LogP contribution in [0.25, 0.3) is 0 Å². The van der Waals surface area contributed by atoms with E-state index in [9.17, 15) is 18.0 Å². The Balaban J connectivity index is 3.83. The molecule has 1 amide bonds. The Hall–Kier alpha value is -1.11. The molecule has 2 unspecified atom stereocenters. The number of sulfone groups is 1. The molecule has 2 atom stereocenters. The Labute approximate surface area is 114 Å². The number of amides is 1. The second-order valence-electron chi connectivity index (χ2n) is 5.02. The van der Waals surface area contributed by atoms with Gasteiger partial charge in [0.25, 0.3) is 0 Å². The molecule has 2 N–H and O–H groups in total. The summed E-state index contributed by atoms with van der Waals surface area (Å²) >= 11 is 0. The highest BCUT2D eigenvalue weighted by Crippen LogP contribution is 2.09. The van der Waals surface area contributed by atoms with Gasteiger partial charge in [-0.3, -0.25) is 9.59 Å². The number of rotatable bonds is 9. The van der Waals surface area contributed by atoms with Crippen molar-refractivity contribution in [1.82, 2.24) is 5.32 Å². The number of hydrogen-bond donors (Lipinski definition) is 2. The predicted octanol–water partition coefficient (Wildman–Crippen LogP) is 0.817. The lowest BCUT2D eigenvalue weighted by Crippen LogP contribution is -2.33. The van der Waals surface area contributed by atoms with Crippen molar-refractivity contribution in [2.45, 2.75) is 45.6 Å². The molecule has 0 aliphatic rings. The van der Waals surface area contributed by atoms with E-state index in [1.165, 1.54) is 0 Å². The molecular formula is C12H23NO5S. The van der Waals surface area contributed by atoms with E-state index in [4.69, 9.17) is 5.11 Å². The standard InChI is InChI=1S/C12H23NO5S/c1-9(12(15)16)5-4-6-10(2)13-11(14)7-8-19(3,17)18/h9-10H,4-8H2,1-3H3,(H,13,14)(H,15,16). The smallest absolute Gasteiger partial charge is 0.306 e. The minimum Gasteiger partial charge on any atom is -0.481 e. The SMILES string of the molecule is CC(CCCC(C)C(=O)O)NC(=O)CCS(C)(=O)=O. The normalized spacial score (nSPS) is 14.7. The van der Waals surface area contributed by atoms with Crippen LogP contribution < -0.4 is 5.32 Å². The van der Waals surface area contributed by atoms with Gasteiger partial charge in [-0.1, -0.05) is 13.3 Å². The minimum absolute atomic E-state index is 0.0330. The number of carbonyl (C=O) groups excluding carboxylic acids is 1. The van der Waals surface area contributed by atoms with E-state index in [1.807, 2.05) is 6.92 Å². The van der Waals surface area contributed by atoms with Crippen LogP contribution in [0.2, 0.25) is 0 Å². The van der Waals surface area contributed by atoms with E-state index < -0.39 is 15.8 Å². The minimum atomic E-state index is -3.12. The molecule has 0 aromatic heterocycles. The van der Waals surface area contributed by atoms with Crippen LogP contribution >= 0.6 is 0 Å². The van der Waals surface area contributed by atoms with Crippen molar-refractivity contribution in [3.05, 3.63) is 0 Å².